The first-order valence-electron chi connectivity index (χ1n) is 5.98. The fourth-order valence-corrected chi connectivity index (χ4v) is 2.03. The number of hydrogen-bond donors (Lipinski definition) is 2. The van der Waals surface area contributed by atoms with E-state index in [2.05, 4.69) is 5.32 Å². The van der Waals surface area contributed by atoms with Crippen molar-refractivity contribution in [1.82, 2.24) is 5.32 Å². The average Bonchev–Trinajstić information content (AvgIpc) is 2.75. The van der Waals surface area contributed by atoms with E-state index in [-0.39, 0.29) is 18.1 Å². The number of benzene rings is 1. The first kappa shape index (κ1) is 12.7. The van der Waals surface area contributed by atoms with E-state index >= 15 is 0 Å². The summed E-state index contributed by atoms with van der Waals surface area (Å²) in [6, 6.07) is 5.09. The summed E-state index contributed by atoms with van der Waals surface area (Å²) in [5, 5.41) is 2.94. The maximum absolute atomic E-state index is 12.1. The first-order chi connectivity index (χ1) is 8.61. The molecule has 98 valence electrons. The van der Waals surface area contributed by atoms with Gasteiger partial charge in [0.2, 0.25) is 0 Å². The van der Waals surface area contributed by atoms with E-state index in [1.54, 1.807) is 25.3 Å². The molecule has 1 amide bonds. The van der Waals surface area contributed by atoms with Gasteiger partial charge in [-0.05, 0) is 31.5 Å². The molecule has 18 heavy (non-hydrogen) atoms. The van der Waals surface area contributed by atoms with Gasteiger partial charge < -0.3 is 20.5 Å². The normalized spacial score (nSPS) is 22.8. The third kappa shape index (κ3) is 2.56. The Bertz CT molecular complexity index is 448. The van der Waals surface area contributed by atoms with Crippen molar-refractivity contribution in [2.75, 3.05) is 19.5 Å². The van der Waals surface area contributed by atoms with Gasteiger partial charge in [0.15, 0.2) is 0 Å². The number of nitrogens with two attached hydrogens (primary N) is 1. The molecule has 0 bridgehead atoms. The number of carbonyl (C=O) groups excluding carboxylic acids is 1. The van der Waals surface area contributed by atoms with Gasteiger partial charge in [-0.15, -0.1) is 0 Å². The van der Waals surface area contributed by atoms with Crippen molar-refractivity contribution in [3.63, 3.8) is 0 Å². The number of rotatable bonds is 3. The van der Waals surface area contributed by atoms with E-state index in [9.17, 15) is 4.79 Å². The molecular formula is C13H18N2O3. The Morgan fingerprint density at radius 1 is 1.56 bits per heavy atom. The summed E-state index contributed by atoms with van der Waals surface area (Å²) in [4.78, 5) is 12.1. The number of methoxy groups -OCH3 is 1. The molecule has 2 unspecified atom stereocenters. The molecule has 0 aliphatic carbocycles. The maximum Gasteiger partial charge on any atom is 0.253 e. The number of anilines is 1. The van der Waals surface area contributed by atoms with Crippen molar-refractivity contribution in [1.29, 1.82) is 0 Å². The van der Waals surface area contributed by atoms with Crippen LogP contribution in [0.4, 0.5) is 5.69 Å². The largest absolute Gasteiger partial charge is 0.497 e. The molecule has 2 atom stereocenters. The van der Waals surface area contributed by atoms with E-state index < -0.39 is 0 Å². The molecule has 0 saturated carbocycles. The van der Waals surface area contributed by atoms with Crippen LogP contribution in [-0.4, -0.2) is 31.8 Å². The van der Waals surface area contributed by atoms with Crippen LogP contribution in [0.25, 0.3) is 0 Å². The Kier molecular flexibility index (Phi) is 3.72. The van der Waals surface area contributed by atoms with Crippen LogP contribution in [-0.2, 0) is 4.74 Å². The standard InChI is InChI=1S/C13H18N2O3/c1-8-12(5-6-18-8)15-13(16)10-7-9(17-2)3-4-11(10)14/h3-4,7-8,12H,5-6,14H2,1-2H3,(H,15,16). The van der Waals surface area contributed by atoms with Crippen molar-refractivity contribution < 1.29 is 14.3 Å². The summed E-state index contributed by atoms with van der Waals surface area (Å²) < 4.78 is 10.5. The topological polar surface area (TPSA) is 73.6 Å². The molecule has 1 aliphatic heterocycles. The van der Waals surface area contributed by atoms with Crippen LogP contribution in [0, 0.1) is 0 Å². The minimum atomic E-state index is -0.186. The zero-order valence-electron chi connectivity index (χ0n) is 10.6. The monoisotopic (exact) mass is 250 g/mol. The molecule has 1 heterocycles. The lowest BCUT2D eigenvalue weighted by Gasteiger charge is -2.17. The predicted octanol–water partition coefficient (Wildman–Crippen LogP) is 1.18. The second-order valence-electron chi connectivity index (χ2n) is 4.40. The number of nitrogen functional groups attached to an aromatic ring is 1. The minimum absolute atomic E-state index is 0.0424. The molecule has 5 nitrogen and oxygen atoms in total. The van der Waals surface area contributed by atoms with Crippen molar-refractivity contribution in [2.45, 2.75) is 25.5 Å². The molecule has 3 N–H and O–H groups in total. The third-order valence-corrected chi connectivity index (χ3v) is 3.20. The summed E-state index contributed by atoms with van der Waals surface area (Å²) in [7, 11) is 1.56. The fourth-order valence-electron chi connectivity index (χ4n) is 2.03. The molecular weight excluding hydrogens is 232 g/mol. The minimum Gasteiger partial charge on any atom is -0.497 e. The van der Waals surface area contributed by atoms with Crippen molar-refractivity contribution in [3.8, 4) is 5.75 Å². The summed E-state index contributed by atoms with van der Waals surface area (Å²) in [6.07, 6.45) is 0.873. The van der Waals surface area contributed by atoms with E-state index in [1.807, 2.05) is 6.92 Å². The van der Waals surface area contributed by atoms with Gasteiger partial charge in [0.05, 0.1) is 24.8 Å². The van der Waals surface area contributed by atoms with Gasteiger partial charge in [-0.2, -0.15) is 0 Å². The molecule has 1 aromatic carbocycles. The van der Waals surface area contributed by atoms with Crippen LogP contribution < -0.4 is 15.8 Å². The third-order valence-electron chi connectivity index (χ3n) is 3.20. The molecule has 1 aliphatic rings. The zero-order valence-corrected chi connectivity index (χ0v) is 10.6. The predicted molar refractivity (Wildman–Crippen MR) is 68.7 cm³/mol. The van der Waals surface area contributed by atoms with E-state index in [0.29, 0.717) is 23.6 Å². The van der Waals surface area contributed by atoms with Gasteiger partial charge in [-0.1, -0.05) is 0 Å². The van der Waals surface area contributed by atoms with E-state index in [4.69, 9.17) is 15.2 Å². The Balaban J connectivity index is 2.12. The Morgan fingerprint density at radius 2 is 2.33 bits per heavy atom. The second-order valence-corrected chi connectivity index (χ2v) is 4.40. The summed E-state index contributed by atoms with van der Waals surface area (Å²) in [6.45, 7) is 2.63. The lowest BCUT2D eigenvalue weighted by molar-refractivity contribution is 0.0866. The molecule has 1 aromatic rings. The van der Waals surface area contributed by atoms with Gasteiger partial charge in [0.25, 0.3) is 5.91 Å². The summed E-state index contributed by atoms with van der Waals surface area (Å²) in [5.74, 6) is 0.429. The van der Waals surface area contributed by atoms with Crippen LogP contribution >= 0.6 is 0 Å². The number of amides is 1. The summed E-state index contributed by atoms with van der Waals surface area (Å²) >= 11 is 0. The smallest absolute Gasteiger partial charge is 0.253 e. The number of ether oxygens (including phenoxy) is 2. The van der Waals surface area contributed by atoms with Crippen LogP contribution in [0.2, 0.25) is 0 Å². The lowest BCUT2D eigenvalue weighted by Crippen LogP contribution is -2.39. The molecule has 1 fully saturated rings. The van der Waals surface area contributed by atoms with E-state index in [0.717, 1.165) is 6.42 Å². The van der Waals surface area contributed by atoms with Crippen LogP contribution in [0.15, 0.2) is 18.2 Å². The van der Waals surface area contributed by atoms with Crippen molar-refractivity contribution in [2.24, 2.45) is 0 Å². The molecule has 0 spiro atoms. The van der Waals surface area contributed by atoms with Gasteiger partial charge in [0.1, 0.15) is 5.75 Å². The molecule has 2 rings (SSSR count). The van der Waals surface area contributed by atoms with Crippen LogP contribution in [0.5, 0.6) is 5.75 Å². The molecule has 5 heteroatoms. The van der Waals surface area contributed by atoms with E-state index in [1.165, 1.54) is 0 Å². The zero-order chi connectivity index (χ0) is 13.1. The second kappa shape index (κ2) is 5.27. The molecule has 0 aromatic heterocycles. The number of carbonyl (C=O) groups is 1. The van der Waals surface area contributed by atoms with Crippen LogP contribution in [0.1, 0.15) is 23.7 Å². The maximum atomic E-state index is 12.1. The Morgan fingerprint density at radius 3 is 2.94 bits per heavy atom. The Labute approximate surface area is 106 Å². The lowest BCUT2D eigenvalue weighted by atomic mass is 10.1. The highest BCUT2D eigenvalue weighted by atomic mass is 16.5. The molecule has 0 radical (unpaired) electrons. The highest BCUT2D eigenvalue weighted by molar-refractivity contribution is 5.99. The first-order valence-corrected chi connectivity index (χ1v) is 5.98. The van der Waals surface area contributed by atoms with Gasteiger partial charge >= 0.3 is 0 Å². The fraction of sp³-hybridized carbons (Fsp3) is 0.462. The molecule has 1 saturated heterocycles. The van der Waals surface area contributed by atoms with Gasteiger partial charge in [0, 0.05) is 12.3 Å². The number of nitrogens with one attached hydrogen (secondary N) is 1. The number of hydrogen-bond acceptors (Lipinski definition) is 4. The highest BCUT2D eigenvalue weighted by Crippen LogP contribution is 2.20. The van der Waals surface area contributed by atoms with Gasteiger partial charge in [-0.3, -0.25) is 4.79 Å². The highest BCUT2D eigenvalue weighted by Gasteiger charge is 2.26. The quantitative estimate of drug-likeness (QED) is 0.790. The summed E-state index contributed by atoms with van der Waals surface area (Å²) in [5.41, 5.74) is 6.69. The SMILES string of the molecule is COc1ccc(N)c(C(=O)NC2CCOC2C)c1. The average molecular weight is 250 g/mol. The van der Waals surface area contributed by atoms with Gasteiger partial charge in [-0.25, -0.2) is 0 Å². The Hall–Kier alpha value is -1.75. The van der Waals surface area contributed by atoms with Crippen molar-refractivity contribution in [3.05, 3.63) is 23.8 Å². The van der Waals surface area contributed by atoms with Crippen molar-refractivity contribution >= 4 is 11.6 Å². The van der Waals surface area contributed by atoms with Crippen LogP contribution in [0.3, 0.4) is 0 Å².